The molecular weight excluding hydrogens is 400 g/mol. The van der Waals surface area contributed by atoms with Crippen LogP contribution in [0.25, 0.3) is 11.0 Å². The van der Waals surface area contributed by atoms with Gasteiger partial charge in [-0.05, 0) is 49.9 Å². The summed E-state index contributed by atoms with van der Waals surface area (Å²) >= 11 is 0. The van der Waals surface area contributed by atoms with Gasteiger partial charge in [0.25, 0.3) is 0 Å². The zero-order chi connectivity index (χ0) is 22.1. The number of aromatic nitrogens is 2. The molecule has 1 unspecified atom stereocenters. The Morgan fingerprint density at radius 3 is 2.50 bits per heavy atom. The Morgan fingerprint density at radius 2 is 1.75 bits per heavy atom. The predicted molar refractivity (Wildman–Crippen MR) is 126 cm³/mol. The van der Waals surface area contributed by atoms with Crippen molar-refractivity contribution in [2.45, 2.75) is 44.1 Å². The SMILES string of the molecule is CCCN1CC(CCN2CCC(O)(c3ccccc3)CC2)c2nc3ccccc3n2C1=O. The molecule has 1 saturated heterocycles. The van der Waals surface area contributed by atoms with Crippen LogP contribution in [0.4, 0.5) is 4.79 Å². The number of imidazole rings is 1. The molecule has 0 spiro atoms. The number of rotatable bonds is 6. The number of carbonyl (C=O) groups excluding carboxylic acids is 1. The van der Waals surface area contributed by atoms with Gasteiger partial charge in [-0.15, -0.1) is 0 Å². The largest absolute Gasteiger partial charge is 0.385 e. The third-order valence-electron chi connectivity index (χ3n) is 7.14. The monoisotopic (exact) mass is 432 g/mol. The van der Waals surface area contributed by atoms with E-state index < -0.39 is 5.60 Å². The van der Waals surface area contributed by atoms with Gasteiger partial charge in [-0.2, -0.15) is 0 Å². The van der Waals surface area contributed by atoms with Gasteiger partial charge in [0.05, 0.1) is 16.6 Å². The lowest BCUT2D eigenvalue weighted by atomic mass is 9.84. The minimum Gasteiger partial charge on any atom is -0.385 e. The van der Waals surface area contributed by atoms with Gasteiger partial charge < -0.3 is 14.9 Å². The summed E-state index contributed by atoms with van der Waals surface area (Å²) in [6, 6.07) is 18.0. The zero-order valence-electron chi connectivity index (χ0n) is 18.8. The molecule has 168 valence electrons. The summed E-state index contributed by atoms with van der Waals surface area (Å²) < 4.78 is 1.84. The fraction of sp³-hybridized carbons (Fsp3) is 0.462. The third-order valence-corrected chi connectivity index (χ3v) is 7.14. The van der Waals surface area contributed by atoms with Crippen molar-refractivity contribution >= 4 is 17.1 Å². The van der Waals surface area contributed by atoms with Crippen molar-refractivity contribution in [3.8, 4) is 0 Å². The number of benzene rings is 2. The van der Waals surface area contributed by atoms with Crippen molar-refractivity contribution in [3.05, 3.63) is 66.0 Å². The molecule has 1 aromatic heterocycles. The highest BCUT2D eigenvalue weighted by Crippen LogP contribution is 2.34. The molecule has 0 saturated carbocycles. The highest BCUT2D eigenvalue weighted by Gasteiger charge is 2.36. The van der Waals surface area contributed by atoms with Crippen LogP contribution in [0.3, 0.4) is 0 Å². The van der Waals surface area contributed by atoms with Gasteiger partial charge in [0.2, 0.25) is 0 Å². The number of hydrogen-bond acceptors (Lipinski definition) is 4. The Bertz CT molecular complexity index is 1090. The summed E-state index contributed by atoms with van der Waals surface area (Å²) in [6.45, 7) is 6.34. The molecule has 3 aromatic rings. The molecule has 1 N–H and O–H groups in total. The topological polar surface area (TPSA) is 61.6 Å². The summed E-state index contributed by atoms with van der Waals surface area (Å²) in [5.41, 5.74) is 2.10. The molecule has 0 bridgehead atoms. The Labute approximate surface area is 189 Å². The molecular formula is C26H32N4O2. The lowest BCUT2D eigenvalue weighted by Crippen LogP contribution is -2.46. The summed E-state index contributed by atoms with van der Waals surface area (Å²) in [5, 5.41) is 11.1. The van der Waals surface area contributed by atoms with Crippen LogP contribution in [0.2, 0.25) is 0 Å². The fourth-order valence-corrected chi connectivity index (χ4v) is 5.29. The smallest absolute Gasteiger partial charge is 0.330 e. The molecule has 0 radical (unpaired) electrons. The number of fused-ring (bicyclic) bond motifs is 3. The summed E-state index contributed by atoms with van der Waals surface area (Å²) in [7, 11) is 0. The maximum atomic E-state index is 13.2. The molecule has 0 aliphatic carbocycles. The maximum Gasteiger partial charge on any atom is 0.330 e. The van der Waals surface area contributed by atoms with Crippen LogP contribution in [0, 0.1) is 0 Å². The highest BCUT2D eigenvalue weighted by molar-refractivity contribution is 5.91. The minimum absolute atomic E-state index is 0.0534. The van der Waals surface area contributed by atoms with Gasteiger partial charge in [0.1, 0.15) is 5.82 Å². The number of piperidine rings is 1. The highest BCUT2D eigenvalue weighted by atomic mass is 16.3. The third kappa shape index (κ3) is 3.82. The van der Waals surface area contributed by atoms with E-state index in [-0.39, 0.29) is 11.9 Å². The molecule has 2 aliphatic heterocycles. The number of likely N-dealkylation sites (tertiary alicyclic amines) is 1. The number of hydrogen-bond donors (Lipinski definition) is 1. The van der Waals surface area contributed by atoms with Gasteiger partial charge in [-0.1, -0.05) is 49.4 Å². The number of para-hydroxylation sites is 2. The summed E-state index contributed by atoms with van der Waals surface area (Å²) in [4.78, 5) is 22.4. The first kappa shape index (κ1) is 21.2. The van der Waals surface area contributed by atoms with E-state index in [0.29, 0.717) is 0 Å². The van der Waals surface area contributed by atoms with Crippen molar-refractivity contribution < 1.29 is 9.90 Å². The average molecular weight is 433 g/mol. The van der Waals surface area contributed by atoms with Crippen molar-refractivity contribution in [2.24, 2.45) is 0 Å². The molecule has 3 heterocycles. The first-order valence-electron chi connectivity index (χ1n) is 11.9. The van der Waals surface area contributed by atoms with Gasteiger partial charge in [0.15, 0.2) is 0 Å². The van der Waals surface area contributed by atoms with Crippen LogP contribution in [0.15, 0.2) is 54.6 Å². The van der Waals surface area contributed by atoms with E-state index in [1.807, 2.05) is 64.1 Å². The summed E-state index contributed by atoms with van der Waals surface area (Å²) in [6.07, 6.45) is 3.41. The van der Waals surface area contributed by atoms with Crippen molar-refractivity contribution in [3.63, 3.8) is 0 Å². The van der Waals surface area contributed by atoms with Gasteiger partial charge in [-0.3, -0.25) is 0 Å². The molecule has 5 rings (SSSR count). The number of amides is 1. The second-order valence-electron chi connectivity index (χ2n) is 9.25. The Morgan fingerprint density at radius 1 is 1.03 bits per heavy atom. The second-order valence-corrected chi connectivity index (χ2v) is 9.25. The first-order chi connectivity index (χ1) is 15.6. The maximum absolute atomic E-state index is 13.2. The normalized spacial score (nSPS) is 21.1. The fourth-order valence-electron chi connectivity index (χ4n) is 5.29. The number of nitrogens with zero attached hydrogens (tertiary/aromatic N) is 4. The molecule has 6 nitrogen and oxygen atoms in total. The van der Waals surface area contributed by atoms with Crippen LogP contribution >= 0.6 is 0 Å². The molecule has 6 heteroatoms. The van der Waals surface area contributed by atoms with Gasteiger partial charge >= 0.3 is 6.03 Å². The lowest BCUT2D eigenvalue weighted by molar-refractivity contribution is -0.0265. The van der Waals surface area contributed by atoms with Crippen molar-refractivity contribution in [1.29, 1.82) is 0 Å². The summed E-state index contributed by atoms with van der Waals surface area (Å²) in [5.74, 6) is 1.13. The van der Waals surface area contributed by atoms with Gasteiger partial charge in [0, 0.05) is 32.1 Å². The number of aliphatic hydroxyl groups is 1. The van der Waals surface area contributed by atoms with E-state index >= 15 is 0 Å². The van der Waals surface area contributed by atoms with E-state index in [4.69, 9.17) is 4.98 Å². The first-order valence-corrected chi connectivity index (χ1v) is 11.9. The van der Waals surface area contributed by atoms with Crippen molar-refractivity contribution in [1.82, 2.24) is 19.4 Å². The van der Waals surface area contributed by atoms with Crippen LogP contribution < -0.4 is 0 Å². The van der Waals surface area contributed by atoms with Crippen LogP contribution in [0.1, 0.15) is 49.9 Å². The molecule has 2 aliphatic rings. The quantitative estimate of drug-likeness (QED) is 0.635. The van der Waals surface area contributed by atoms with E-state index in [1.54, 1.807) is 0 Å². The number of carbonyl (C=O) groups is 1. The van der Waals surface area contributed by atoms with E-state index in [0.717, 1.165) is 80.8 Å². The van der Waals surface area contributed by atoms with Crippen LogP contribution in [0.5, 0.6) is 0 Å². The average Bonchev–Trinajstić information content (AvgIpc) is 3.22. The molecule has 32 heavy (non-hydrogen) atoms. The van der Waals surface area contributed by atoms with E-state index in [1.165, 1.54) is 0 Å². The minimum atomic E-state index is -0.721. The second kappa shape index (κ2) is 8.68. The Hall–Kier alpha value is -2.70. The van der Waals surface area contributed by atoms with Crippen molar-refractivity contribution in [2.75, 3.05) is 32.7 Å². The Balaban J connectivity index is 1.30. The van der Waals surface area contributed by atoms with Crippen LogP contribution in [-0.2, 0) is 5.60 Å². The van der Waals surface area contributed by atoms with E-state index in [9.17, 15) is 9.90 Å². The molecule has 1 amide bonds. The molecule has 1 fully saturated rings. The molecule has 2 aromatic carbocycles. The predicted octanol–water partition coefficient (Wildman–Crippen LogP) is 4.19. The standard InChI is InChI=1S/C26H32N4O2/c1-2-15-29-19-20(24-27-22-10-6-7-11-23(22)30(24)25(29)31)12-16-28-17-13-26(32,14-18-28)21-8-4-3-5-9-21/h3-11,20,32H,2,12-19H2,1H3. The van der Waals surface area contributed by atoms with Gasteiger partial charge in [-0.25, -0.2) is 14.3 Å². The Kier molecular flexibility index (Phi) is 5.74. The molecule has 1 atom stereocenters. The van der Waals surface area contributed by atoms with Crippen LogP contribution in [-0.4, -0.2) is 63.2 Å². The zero-order valence-corrected chi connectivity index (χ0v) is 18.8. The lowest BCUT2D eigenvalue weighted by Gasteiger charge is -2.39. The van der Waals surface area contributed by atoms with E-state index in [2.05, 4.69) is 11.8 Å².